The van der Waals surface area contributed by atoms with Gasteiger partial charge in [0.25, 0.3) is 0 Å². The summed E-state index contributed by atoms with van der Waals surface area (Å²) in [6.45, 7) is 7.72. The summed E-state index contributed by atoms with van der Waals surface area (Å²) in [4.78, 5) is 81.5. The molecule has 42 heavy (non-hydrogen) atoms. The van der Waals surface area contributed by atoms with E-state index in [0.717, 1.165) is 0 Å². The molecule has 0 aliphatic heterocycles. The average Bonchev–Trinajstić information content (AvgIpc) is 3.41. The predicted molar refractivity (Wildman–Crippen MR) is 154 cm³/mol. The van der Waals surface area contributed by atoms with Crippen molar-refractivity contribution in [2.24, 2.45) is 11.7 Å². The van der Waals surface area contributed by atoms with Crippen LogP contribution in [0.15, 0.2) is 12.5 Å². The number of carboxylic acid groups (broad SMARTS) is 1. The number of aliphatic hydroxyl groups excluding tert-OH is 1. The highest BCUT2D eigenvalue weighted by atomic mass is 32.1. The quantitative estimate of drug-likeness (QED) is 0.0805. The Balaban J connectivity index is 2.83. The monoisotopic (exact) mass is 614 g/mol. The first-order chi connectivity index (χ1) is 19.6. The molecule has 0 bridgehead atoms. The SMILES string of the molecule is CC(C)C[C@H](N)C(=O)N[C@H](C(=O)N[C@@H](C)C(=O)N[C@@H](C)C(=O)N[C@@H](Cc1cnc[nH]1)C(=O)N[C@@H](CS)C(=O)O)[C@@H](C)O. The normalized spacial score (nSPS) is 16.1. The fourth-order valence-corrected chi connectivity index (χ4v) is 3.88. The first-order valence-electron chi connectivity index (χ1n) is 13.3. The number of nitrogens with two attached hydrogens (primary N) is 1. The first kappa shape index (κ1) is 36.3. The Bertz CT molecular complexity index is 1080. The smallest absolute Gasteiger partial charge is 0.327 e. The highest BCUT2D eigenvalue weighted by molar-refractivity contribution is 7.80. The molecule has 17 heteroatoms. The Hall–Kier alpha value is -3.70. The van der Waals surface area contributed by atoms with Crippen LogP contribution in [0.1, 0.15) is 46.7 Å². The van der Waals surface area contributed by atoms with Crippen molar-refractivity contribution in [2.45, 2.75) is 89.8 Å². The number of carbonyl (C=O) groups excluding carboxylic acids is 5. The number of imidazole rings is 1. The zero-order valence-electron chi connectivity index (χ0n) is 24.2. The number of aliphatic carboxylic acids is 1. The van der Waals surface area contributed by atoms with Gasteiger partial charge in [0.1, 0.15) is 30.2 Å². The second-order valence-corrected chi connectivity index (χ2v) is 10.7. The molecule has 16 nitrogen and oxygen atoms in total. The number of carbonyl (C=O) groups is 6. The molecule has 236 valence electrons. The van der Waals surface area contributed by atoms with E-state index < -0.39 is 77.9 Å². The number of carboxylic acids is 1. The molecule has 5 amide bonds. The van der Waals surface area contributed by atoms with Gasteiger partial charge in [0.2, 0.25) is 29.5 Å². The fourth-order valence-electron chi connectivity index (χ4n) is 3.63. The third kappa shape index (κ3) is 12.0. The van der Waals surface area contributed by atoms with Crippen molar-refractivity contribution in [3.05, 3.63) is 18.2 Å². The molecule has 0 aromatic carbocycles. The molecule has 7 atom stereocenters. The van der Waals surface area contributed by atoms with E-state index in [1.54, 1.807) is 0 Å². The van der Waals surface area contributed by atoms with Crippen LogP contribution in [0.4, 0.5) is 0 Å². The van der Waals surface area contributed by atoms with E-state index in [4.69, 9.17) is 5.73 Å². The van der Waals surface area contributed by atoms with Crippen LogP contribution in [0, 0.1) is 5.92 Å². The molecule has 1 aromatic rings. The lowest BCUT2D eigenvalue weighted by Crippen LogP contribution is -2.60. The Kier molecular flexibility index (Phi) is 15.0. The molecule has 1 heterocycles. The number of nitrogens with one attached hydrogen (secondary N) is 6. The molecule has 1 rings (SSSR count). The molecule has 10 N–H and O–H groups in total. The minimum Gasteiger partial charge on any atom is -0.480 e. The third-order valence-electron chi connectivity index (χ3n) is 6.04. The molecule has 1 aromatic heterocycles. The van der Waals surface area contributed by atoms with Gasteiger partial charge in [0, 0.05) is 24.1 Å². The van der Waals surface area contributed by atoms with E-state index in [-0.39, 0.29) is 18.1 Å². The van der Waals surface area contributed by atoms with Gasteiger partial charge in [-0.1, -0.05) is 13.8 Å². The molecular formula is C25H42N8O8S. The van der Waals surface area contributed by atoms with Crippen molar-refractivity contribution in [1.82, 2.24) is 36.6 Å². The number of nitrogens with zero attached hydrogens (tertiary/aromatic N) is 1. The van der Waals surface area contributed by atoms with E-state index >= 15 is 0 Å². The minimum atomic E-state index is -1.39. The van der Waals surface area contributed by atoms with Crippen LogP contribution in [-0.2, 0) is 35.2 Å². The summed E-state index contributed by atoms with van der Waals surface area (Å²) in [7, 11) is 0. The second-order valence-electron chi connectivity index (χ2n) is 10.3. The summed E-state index contributed by atoms with van der Waals surface area (Å²) in [5.74, 6) is -5.19. The molecule has 0 aliphatic carbocycles. The number of H-pyrrole nitrogens is 1. The summed E-state index contributed by atoms with van der Waals surface area (Å²) in [6, 6.07) is -7.19. The number of aromatic nitrogens is 2. The van der Waals surface area contributed by atoms with E-state index in [0.29, 0.717) is 12.1 Å². The van der Waals surface area contributed by atoms with Gasteiger partial charge in [0.05, 0.1) is 18.5 Å². The van der Waals surface area contributed by atoms with Gasteiger partial charge in [0.15, 0.2) is 0 Å². The van der Waals surface area contributed by atoms with Crippen LogP contribution in [0.3, 0.4) is 0 Å². The maximum atomic E-state index is 12.9. The first-order valence-corrected chi connectivity index (χ1v) is 14.0. The van der Waals surface area contributed by atoms with Gasteiger partial charge in [-0.05, 0) is 33.1 Å². The topological polar surface area (TPSA) is 258 Å². The molecule has 0 saturated heterocycles. The number of amides is 5. The zero-order valence-corrected chi connectivity index (χ0v) is 25.1. The molecule has 0 fully saturated rings. The summed E-state index contributed by atoms with van der Waals surface area (Å²) in [6.07, 6.45) is 1.79. The number of thiol groups is 1. The summed E-state index contributed by atoms with van der Waals surface area (Å²) < 4.78 is 0. The molecule has 0 radical (unpaired) electrons. The Morgan fingerprint density at radius 1 is 0.857 bits per heavy atom. The Morgan fingerprint density at radius 3 is 1.88 bits per heavy atom. The molecule has 0 aliphatic rings. The lowest BCUT2D eigenvalue weighted by Gasteiger charge is -2.25. The van der Waals surface area contributed by atoms with E-state index in [2.05, 4.69) is 49.2 Å². The van der Waals surface area contributed by atoms with Gasteiger partial charge in [-0.3, -0.25) is 24.0 Å². The average molecular weight is 615 g/mol. The van der Waals surface area contributed by atoms with Gasteiger partial charge in [-0.25, -0.2) is 9.78 Å². The third-order valence-corrected chi connectivity index (χ3v) is 6.40. The Labute approximate surface area is 249 Å². The van der Waals surface area contributed by atoms with Gasteiger partial charge < -0.3 is 47.5 Å². The van der Waals surface area contributed by atoms with Gasteiger partial charge >= 0.3 is 5.97 Å². The second kappa shape index (κ2) is 17.3. The summed E-state index contributed by atoms with van der Waals surface area (Å²) in [5.41, 5.74) is 6.33. The highest BCUT2D eigenvalue weighted by Gasteiger charge is 2.32. The largest absolute Gasteiger partial charge is 0.480 e. The van der Waals surface area contributed by atoms with Crippen LogP contribution in [0.25, 0.3) is 0 Å². The lowest BCUT2D eigenvalue weighted by molar-refractivity contribution is -0.141. The number of rotatable bonds is 17. The van der Waals surface area contributed by atoms with Crippen molar-refractivity contribution >= 4 is 48.1 Å². The van der Waals surface area contributed by atoms with Crippen LogP contribution in [0.2, 0.25) is 0 Å². The van der Waals surface area contributed by atoms with Crippen molar-refractivity contribution in [1.29, 1.82) is 0 Å². The number of aromatic amines is 1. The van der Waals surface area contributed by atoms with Crippen molar-refractivity contribution in [2.75, 3.05) is 5.75 Å². The molecular weight excluding hydrogens is 572 g/mol. The van der Waals surface area contributed by atoms with Gasteiger partial charge in [-0.15, -0.1) is 0 Å². The maximum Gasteiger partial charge on any atom is 0.327 e. The Morgan fingerprint density at radius 2 is 1.40 bits per heavy atom. The van der Waals surface area contributed by atoms with Crippen LogP contribution < -0.4 is 32.3 Å². The number of hydrogen-bond donors (Lipinski definition) is 10. The summed E-state index contributed by atoms with van der Waals surface area (Å²) >= 11 is 3.91. The van der Waals surface area contributed by atoms with E-state index in [9.17, 15) is 39.0 Å². The number of hydrogen-bond acceptors (Lipinski definition) is 10. The lowest BCUT2D eigenvalue weighted by atomic mass is 10.0. The zero-order chi connectivity index (χ0) is 32.1. The minimum absolute atomic E-state index is 0.0586. The standard InChI is InChI=1S/C25H42N8O8S/c1-11(2)6-16(26)22(37)33-19(14(5)34)24(39)30-12(3)20(35)29-13(4)21(36)31-17(7-15-8-27-10-28-15)23(38)32-18(9-42)25(40)41/h8,10-14,16-19,34,42H,6-7,9,26H2,1-5H3,(H,27,28)(H,29,35)(H,30,39)(H,31,36)(H,32,38)(H,33,37)(H,40,41)/t12-,13-,14+,16-,17-,18-,19-/m0/s1. The van der Waals surface area contributed by atoms with Crippen molar-refractivity contribution in [3.63, 3.8) is 0 Å². The number of aliphatic hydroxyl groups is 1. The molecule has 0 saturated carbocycles. The molecule has 0 unspecified atom stereocenters. The highest BCUT2D eigenvalue weighted by Crippen LogP contribution is 2.05. The van der Waals surface area contributed by atoms with Crippen LogP contribution in [0.5, 0.6) is 0 Å². The van der Waals surface area contributed by atoms with Crippen LogP contribution in [-0.4, -0.2) is 104 Å². The van der Waals surface area contributed by atoms with Crippen LogP contribution >= 0.6 is 12.6 Å². The van der Waals surface area contributed by atoms with Crippen molar-refractivity contribution < 1.29 is 39.0 Å². The van der Waals surface area contributed by atoms with E-state index in [1.165, 1.54) is 33.3 Å². The van der Waals surface area contributed by atoms with Crippen molar-refractivity contribution in [3.8, 4) is 0 Å². The van der Waals surface area contributed by atoms with Gasteiger partial charge in [-0.2, -0.15) is 12.6 Å². The predicted octanol–water partition coefficient (Wildman–Crippen LogP) is -2.82. The fraction of sp³-hybridized carbons (Fsp3) is 0.640. The maximum absolute atomic E-state index is 12.9. The van der Waals surface area contributed by atoms with E-state index in [1.807, 2.05) is 13.8 Å². The molecule has 0 spiro atoms. The summed E-state index contributed by atoms with van der Waals surface area (Å²) in [5, 5.41) is 31.2.